The Bertz CT molecular complexity index is 413. The van der Waals surface area contributed by atoms with Gasteiger partial charge in [-0.15, -0.1) is 0 Å². The predicted molar refractivity (Wildman–Crippen MR) is 71.3 cm³/mol. The van der Waals surface area contributed by atoms with Crippen LogP contribution >= 0.6 is 0 Å². The largest absolute Gasteiger partial charge is 0.329 e. The van der Waals surface area contributed by atoms with Crippen LogP contribution in [0.25, 0.3) is 0 Å². The molecule has 106 valence electrons. The van der Waals surface area contributed by atoms with Gasteiger partial charge in [0.2, 0.25) is 5.91 Å². The molecule has 6 heteroatoms. The zero-order valence-electron chi connectivity index (χ0n) is 10.9. The third kappa shape index (κ3) is 6.26. The monoisotopic (exact) mass is 271 g/mol. The maximum Gasteiger partial charge on any atom is 0.251 e. The van der Waals surface area contributed by atoms with E-state index in [4.69, 9.17) is 5.73 Å². The summed E-state index contributed by atoms with van der Waals surface area (Å²) in [5.41, 5.74) is 7.01. The summed E-state index contributed by atoms with van der Waals surface area (Å²) in [5.74, 6) is -0.320. The fourth-order valence-electron chi connectivity index (χ4n) is 1.74. The van der Waals surface area contributed by atoms with Crippen molar-refractivity contribution in [1.29, 1.82) is 0 Å². The topological polar surface area (TPSA) is 58.4 Å². The maximum absolute atomic E-state index is 12.3. The Balaban J connectivity index is 2.52. The molecule has 0 aliphatic rings. The number of benzene rings is 1. The second kappa shape index (κ2) is 7.81. The Kier molecular flexibility index (Phi) is 6.38. The van der Waals surface area contributed by atoms with Crippen molar-refractivity contribution in [3.8, 4) is 0 Å². The molecular weight excluding hydrogens is 252 g/mol. The first-order valence-electron chi connectivity index (χ1n) is 6.08. The van der Waals surface area contributed by atoms with E-state index in [1.54, 1.807) is 6.07 Å². The van der Waals surface area contributed by atoms with Gasteiger partial charge in [0.1, 0.15) is 0 Å². The van der Waals surface area contributed by atoms with Crippen molar-refractivity contribution in [2.45, 2.75) is 13.3 Å². The molecule has 0 saturated carbocycles. The van der Waals surface area contributed by atoms with Crippen molar-refractivity contribution >= 4 is 11.6 Å². The van der Waals surface area contributed by atoms with Crippen LogP contribution in [0.2, 0.25) is 0 Å². The lowest BCUT2D eigenvalue weighted by Crippen LogP contribution is -2.39. The lowest BCUT2D eigenvalue weighted by atomic mass is 10.2. The van der Waals surface area contributed by atoms with Crippen molar-refractivity contribution in [3.05, 3.63) is 29.8 Å². The highest BCUT2D eigenvalue weighted by Crippen LogP contribution is 2.09. The summed E-state index contributed by atoms with van der Waals surface area (Å²) < 4.78 is 24.6. The van der Waals surface area contributed by atoms with E-state index in [1.165, 1.54) is 4.90 Å². The molecule has 0 aliphatic carbocycles. The van der Waals surface area contributed by atoms with Crippen molar-refractivity contribution < 1.29 is 13.6 Å². The van der Waals surface area contributed by atoms with Gasteiger partial charge in [-0.1, -0.05) is 12.1 Å². The molecule has 0 spiro atoms. The van der Waals surface area contributed by atoms with Crippen LogP contribution in [-0.2, 0) is 4.79 Å². The van der Waals surface area contributed by atoms with E-state index in [0.29, 0.717) is 5.69 Å². The molecule has 3 N–H and O–H groups in total. The van der Waals surface area contributed by atoms with Gasteiger partial charge in [0.15, 0.2) is 0 Å². The highest BCUT2D eigenvalue weighted by atomic mass is 19.3. The Hall–Kier alpha value is -1.53. The number of nitrogens with one attached hydrogen (secondary N) is 1. The molecule has 0 aliphatic heterocycles. The number of halogens is 2. The van der Waals surface area contributed by atoms with Crippen LogP contribution in [-0.4, -0.2) is 43.4 Å². The summed E-state index contributed by atoms with van der Waals surface area (Å²) >= 11 is 0. The van der Waals surface area contributed by atoms with Crippen molar-refractivity contribution in [2.75, 3.05) is 31.5 Å². The minimum Gasteiger partial charge on any atom is -0.329 e. The number of hydrogen-bond acceptors (Lipinski definition) is 3. The third-order valence-electron chi connectivity index (χ3n) is 2.51. The molecule has 1 aromatic rings. The summed E-state index contributed by atoms with van der Waals surface area (Å²) in [7, 11) is 0. The fraction of sp³-hybridized carbons (Fsp3) is 0.462. The van der Waals surface area contributed by atoms with Crippen LogP contribution in [0.5, 0.6) is 0 Å². The molecule has 4 nitrogen and oxygen atoms in total. The Morgan fingerprint density at radius 2 is 2.21 bits per heavy atom. The summed E-state index contributed by atoms with van der Waals surface area (Å²) in [4.78, 5) is 13.1. The number of carbonyl (C=O) groups excluding carboxylic acids is 1. The van der Waals surface area contributed by atoms with Crippen LogP contribution in [0.4, 0.5) is 14.5 Å². The zero-order chi connectivity index (χ0) is 14.3. The quantitative estimate of drug-likeness (QED) is 0.789. The van der Waals surface area contributed by atoms with Gasteiger partial charge in [-0.25, -0.2) is 8.78 Å². The van der Waals surface area contributed by atoms with E-state index in [-0.39, 0.29) is 25.5 Å². The van der Waals surface area contributed by atoms with Gasteiger partial charge in [-0.2, -0.15) is 0 Å². The SMILES string of the molecule is Cc1cccc(NC(=O)CN(CCN)CC(F)F)c1. The molecule has 1 amide bonds. The molecule has 0 saturated heterocycles. The number of alkyl halides is 2. The molecule has 19 heavy (non-hydrogen) atoms. The van der Waals surface area contributed by atoms with Crippen LogP contribution in [0.15, 0.2) is 24.3 Å². The van der Waals surface area contributed by atoms with Crippen molar-refractivity contribution in [2.24, 2.45) is 5.73 Å². The molecule has 0 aromatic heterocycles. The number of amides is 1. The van der Waals surface area contributed by atoms with Gasteiger partial charge >= 0.3 is 0 Å². The molecule has 0 bridgehead atoms. The Morgan fingerprint density at radius 1 is 1.47 bits per heavy atom. The van der Waals surface area contributed by atoms with Gasteiger partial charge in [0, 0.05) is 18.8 Å². The minimum atomic E-state index is -2.47. The van der Waals surface area contributed by atoms with Crippen LogP contribution < -0.4 is 11.1 Å². The summed E-state index contributed by atoms with van der Waals surface area (Å²) in [6, 6.07) is 7.30. The van der Waals surface area contributed by atoms with Crippen LogP contribution in [0, 0.1) is 6.92 Å². The first kappa shape index (κ1) is 15.5. The zero-order valence-corrected chi connectivity index (χ0v) is 10.9. The smallest absolute Gasteiger partial charge is 0.251 e. The predicted octanol–water partition coefficient (Wildman–Crippen LogP) is 1.46. The molecule has 0 atom stereocenters. The molecular formula is C13H19F2N3O. The number of carbonyl (C=O) groups is 1. The summed E-state index contributed by atoms with van der Waals surface area (Å²) in [6.45, 7) is 1.89. The number of rotatable bonds is 7. The molecule has 0 radical (unpaired) electrons. The molecule has 0 heterocycles. The minimum absolute atomic E-state index is 0.0878. The first-order valence-corrected chi connectivity index (χ1v) is 6.08. The number of nitrogens with two attached hydrogens (primary N) is 1. The molecule has 1 aromatic carbocycles. The van der Waals surface area contributed by atoms with Crippen molar-refractivity contribution in [3.63, 3.8) is 0 Å². The van der Waals surface area contributed by atoms with E-state index in [9.17, 15) is 13.6 Å². The van der Waals surface area contributed by atoms with E-state index in [0.717, 1.165) is 5.56 Å². The second-order valence-corrected chi connectivity index (χ2v) is 4.33. The van der Waals surface area contributed by atoms with Gasteiger partial charge in [-0.05, 0) is 24.6 Å². The van der Waals surface area contributed by atoms with Gasteiger partial charge < -0.3 is 11.1 Å². The average molecular weight is 271 g/mol. The molecule has 0 unspecified atom stereocenters. The van der Waals surface area contributed by atoms with Gasteiger partial charge in [-0.3, -0.25) is 9.69 Å². The highest BCUT2D eigenvalue weighted by molar-refractivity contribution is 5.92. The standard InChI is InChI=1S/C13H19F2N3O/c1-10-3-2-4-11(7-10)17-13(19)9-18(6-5-16)8-12(14)15/h2-4,7,12H,5-6,8-9,16H2,1H3,(H,17,19). The van der Waals surface area contributed by atoms with E-state index in [1.807, 2.05) is 25.1 Å². The van der Waals surface area contributed by atoms with Crippen molar-refractivity contribution in [1.82, 2.24) is 4.90 Å². The summed E-state index contributed by atoms with van der Waals surface area (Å²) in [5, 5.41) is 2.68. The third-order valence-corrected chi connectivity index (χ3v) is 2.51. The van der Waals surface area contributed by atoms with Crippen LogP contribution in [0.3, 0.4) is 0 Å². The average Bonchev–Trinajstić information content (AvgIpc) is 2.27. The number of anilines is 1. The highest BCUT2D eigenvalue weighted by Gasteiger charge is 2.15. The summed E-state index contributed by atoms with van der Waals surface area (Å²) in [6.07, 6.45) is -2.47. The Morgan fingerprint density at radius 3 is 2.79 bits per heavy atom. The lowest BCUT2D eigenvalue weighted by Gasteiger charge is -2.20. The molecule has 1 rings (SSSR count). The van der Waals surface area contributed by atoms with Crippen LogP contribution in [0.1, 0.15) is 5.56 Å². The van der Waals surface area contributed by atoms with Gasteiger partial charge in [0.25, 0.3) is 6.43 Å². The normalized spacial score (nSPS) is 11.1. The molecule has 0 fully saturated rings. The first-order chi connectivity index (χ1) is 9.01. The van der Waals surface area contributed by atoms with E-state index < -0.39 is 13.0 Å². The second-order valence-electron chi connectivity index (χ2n) is 4.33. The fourth-order valence-corrected chi connectivity index (χ4v) is 1.74. The number of hydrogen-bond donors (Lipinski definition) is 2. The van der Waals surface area contributed by atoms with E-state index in [2.05, 4.69) is 5.32 Å². The number of aryl methyl sites for hydroxylation is 1. The maximum atomic E-state index is 12.3. The van der Waals surface area contributed by atoms with E-state index >= 15 is 0 Å². The van der Waals surface area contributed by atoms with Gasteiger partial charge in [0.05, 0.1) is 13.1 Å². The number of nitrogens with zero attached hydrogens (tertiary/aromatic N) is 1. The lowest BCUT2D eigenvalue weighted by molar-refractivity contribution is -0.117. The Labute approximate surface area is 111 Å².